The normalized spacial score (nSPS) is 17.6. The fraction of sp³-hybridized carbons (Fsp3) is 0.714. The summed E-state index contributed by atoms with van der Waals surface area (Å²) in [6.45, 7) is 3.26. The van der Waals surface area contributed by atoms with Crippen molar-refractivity contribution in [3.8, 4) is 0 Å². The highest BCUT2D eigenvalue weighted by molar-refractivity contribution is 5.37. The lowest BCUT2D eigenvalue weighted by Crippen LogP contribution is -2.42. The minimum atomic E-state index is 0.600. The molecule has 1 aliphatic heterocycles. The SMILES string of the molecule is CNCCc1nccc(N(C)C2CCN(C)CC2)n1. The number of piperidine rings is 1. The molecule has 1 aromatic rings. The van der Waals surface area contributed by atoms with E-state index in [1.165, 1.54) is 25.9 Å². The Labute approximate surface area is 116 Å². The van der Waals surface area contributed by atoms with E-state index in [2.05, 4.69) is 39.2 Å². The summed E-state index contributed by atoms with van der Waals surface area (Å²) in [7, 11) is 6.30. The summed E-state index contributed by atoms with van der Waals surface area (Å²) in [6.07, 6.45) is 5.18. The van der Waals surface area contributed by atoms with Crippen LogP contribution < -0.4 is 10.2 Å². The number of aromatic nitrogens is 2. The van der Waals surface area contributed by atoms with Crippen LogP contribution in [0.25, 0.3) is 0 Å². The summed E-state index contributed by atoms with van der Waals surface area (Å²) in [5, 5.41) is 3.13. The summed E-state index contributed by atoms with van der Waals surface area (Å²) >= 11 is 0. The molecule has 5 nitrogen and oxygen atoms in total. The molecule has 0 aliphatic carbocycles. The van der Waals surface area contributed by atoms with Crippen molar-refractivity contribution in [1.29, 1.82) is 0 Å². The lowest BCUT2D eigenvalue weighted by Gasteiger charge is -2.35. The van der Waals surface area contributed by atoms with Gasteiger partial charge in [-0.2, -0.15) is 0 Å². The number of hydrogen-bond acceptors (Lipinski definition) is 5. The molecule has 1 aliphatic rings. The lowest BCUT2D eigenvalue weighted by atomic mass is 10.0. The number of anilines is 1. The van der Waals surface area contributed by atoms with Gasteiger partial charge in [-0.05, 0) is 46.1 Å². The summed E-state index contributed by atoms with van der Waals surface area (Å²) in [4.78, 5) is 13.7. The van der Waals surface area contributed by atoms with Crippen LogP contribution in [0.4, 0.5) is 5.82 Å². The molecule has 0 aromatic carbocycles. The fourth-order valence-corrected chi connectivity index (χ4v) is 2.51. The van der Waals surface area contributed by atoms with Crippen LogP contribution in [0.5, 0.6) is 0 Å². The van der Waals surface area contributed by atoms with Gasteiger partial charge >= 0.3 is 0 Å². The van der Waals surface area contributed by atoms with Crippen LogP contribution in [0.2, 0.25) is 0 Å². The Bertz CT molecular complexity index is 387. The van der Waals surface area contributed by atoms with E-state index >= 15 is 0 Å². The Morgan fingerprint density at radius 3 is 2.84 bits per heavy atom. The monoisotopic (exact) mass is 263 g/mol. The summed E-state index contributed by atoms with van der Waals surface area (Å²) in [5.74, 6) is 1.97. The van der Waals surface area contributed by atoms with Crippen LogP contribution in [-0.4, -0.2) is 61.7 Å². The minimum Gasteiger partial charge on any atom is -0.356 e. The maximum Gasteiger partial charge on any atom is 0.132 e. The predicted octanol–water partition coefficient (Wildman–Crippen LogP) is 0.769. The van der Waals surface area contributed by atoms with Crippen molar-refractivity contribution in [1.82, 2.24) is 20.2 Å². The first-order chi connectivity index (χ1) is 9.20. The number of nitrogens with zero attached hydrogens (tertiary/aromatic N) is 4. The van der Waals surface area contributed by atoms with E-state index in [0.717, 1.165) is 24.6 Å². The molecule has 0 unspecified atom stereocenters. The van der Waals surface area contributed by atoms with Gasteiger partial charge < -0.3 is 15.1 Å². The topological polar surface area (TPSA) is 44.3 Å². The van der Waals surface area contributed by atoms with Gasteiger partial charge in [0.25, 0.3) is 0 Å². The molecule has 0 atom stereocenters. The number of likely N-dealkylation sites (N-methyl/N-ethyl adjacent to an activating group) is 1. The third kappa shape index (κ3) is 3.88. The maximum atomic E-state index is 4.67. The third-order valence-corrected chi connectivity index (χ3v) is 3.89. The second-order valence-corrected chi connectivity index (χ2v) is 5.33. The van der Waals surface area contributed by atoms with Crippen molar-refractivity contribution in [2.24, 2.45) is 0 Å². The Hall–Kier alpha value is -1.20. The van der Waals surface area contributed by atoms with Crippen molar-refractivity contribution >= 4 is 5.82 Å². The van der Waals surface area contributed by atoms with Gasteiger partial charge in [0.1, 0.15) is 11.6 Å². The standard InChI is InChI=1S/C14H25N5/c1-15-8-4-13-16-9-5-14(17-13)19(3)12-6-10-18(2)11-7-12/h5,9,12,15H,4,6-8,10-11H2,1-3H3. The number of nitrogens with one attached hydrogen (secondary N) is 1. The molecule has 5 heteroatoms. The zero-order chi connectivity index (χ0) is 13.7. The van der Waals surface area contributed by atoms with Gasteiger partial charge in [0.05, 0.1) is 0 Å². The maximum absolute atomic E-state index is 4.67. The lowest BCUT2D eigenvalue weighted by molar-refractivity contribution is 0.252. The molecular formula is C14H25N5. The number of rotatable bonds is 5. The van der Waals surface area contributed by atoms with E-state index in [4.69, 9.17) is 0 Å². The quantitative estimate of drug-likeness (QED) is 0.850. The molecule has 106 valence electrons. The first-order valence-corrected chi connectivity index (χ1v) is 7.08. The van der Waals surface area contributed by atoms with E-state index in [-0.39, 0.29) is 0 Å². The summed E-state index contributed by atoms with van der Waals surface area (Å²) in [6, 6.07) is 2.62. The van der Waals surface area contributed by atoms with Crippen molar-refractivity contribution < 1.29 is 0 Å². The van der Waals surface area contributed by atoms with Crippen molar-refractivity contribution in [3.05, 3.63) is 18.1 Å². The van der Waals surface area contributed by atoms with Crippen LogP contribution in [0.3, 0.4) is 0 Å². The molecular weight excluding hydrogens is 238 g/mol. The van der Waals surface area contributed by atoms with E-state index in [1.54, 1.807) is 0 Å². The third-order valence-electron chi connectivity index (χ3n) is 3.89. The highest BCUT2D eigenvalue weighted by atomic mass is 15.2. The highest BCUT2D eigenvalue weighted by Crippen LogP contribution is 2.19. The molecule has 1 N–H and O–H groups in total. The minimum absolute atomic E-state index is 0.600. The van der Waals surface area contributed by atoms with Gasteiger partial charge in [-0.15, -0.1) is 0 Å². The van der Waals surface area contributed by atoms with Crippen molar-refractivity contribution in [2.75, 3.05) is 45.7 Å². The van der Waals surface area contributed by atoms with Crippen molar-refractivity contribution in [2.45, 2.75) is 25.3 Å². The van der Waals surface area contributed by atoms with Crippen LogP contribution in [0.15, 0.2) is 12.3 Å². The smallest absolute Gasteiger partial charge is 0.132 e. The molecule has 0 amide bonds. The second kappa shape index (κ2) is 6.82. The van der Waals surface area contributed by atoms with E-state index in [0.29, 0.717) is 6.04 Å². The van der Waals surface area contributed by atoms with E-state index < -0.39 is 0 Å². The van der Waals surface area contributed by atoms with Gasteiger partial charge in [-0.3, -0.25) is 0 Å². The largest absolute Gasteiger partial charge is 0.356 e. The Morgan fingerprint density at radius 1 is 1.42 bits per heavy atom. The zero-order valence-electron chi connectivity index (χ0n) is 12.3. The molecule has 0 radical (unpaired) electrons. The fourth-order valence-electron chi connectivity index (χ4n) is 2.51. The van der Waals surface area contributed by atoms with Gasteiger partial charge in [-0.25, -0.2) is 9.97 Å². The molecule has 0 bridgehead atoms. The molecule has 1 saturated heterocycles. The highest BCUT2D eigenvalue weighted by Gasteiger charge is 2.21. The number of hydrogen-bond donors (Lipinski definition) is 1. The van der Waals surface area contributed by atoms with Crippen LogP contribution in [-0.2, 0) is 6.42 Å². The second-order valence-electron chi connectivity index (χ2n) is 5.33. The Kier molecular flexibility index (Phi) is 5.10. The zero-order valence-corrected chi connectivity index (χ0v) is 12.3. The molecule has 1 fully saturated rings. The van der Waals surface area contributed by atoms with E-state index in [9.17, 15) is 0 Å². The molecule has 1 aromatic heterocycles. The van der Waals surface area contributed by atoms with E-state index in [1.807, 2.05) is 19.3 Å². The Morgan fingerprint density at radius 2 is 2.16 bits per heavy atom. The van der Waals surface area contributed by atoms with Crippen LogP contribution in [0.1, 0.15) is 18.7 Å². The predicted molar refractivity (Wildman–Crippen MR) is 78.6 cm³/mol. The first-order valence-electron chi connectivity index (χ1n) is 7.08. The average Bonchev–Trinajstić information content (AvgIpc) is 2.45. The van der Waals surface area contributed by atoms with Gasteiger partial charge in [0.2, 0.25) is 0 Å². The molecule has 0 saturated carbocycles. The summed E-state index contributed by atoms with van der Waals surface area (Å²) < 4.78 is 0. The average molecular weight is 263 g/mol. The first kappa shape index (κ1) is 14.2. The number of likely N-dealkylation sites (tertiary alicyclic amines) is 1. The Balaban J connectivity index is 1.99. The molecule has 2 rings (SSSR count). The van der Waals surface area contributed by atoms with Crippen LogP contribution in [0, 0.1) is 0 Å². The molecule has 2 heterocycles. The summed E-state index contributed by atoms with van der Waals surface area (Å²) in [5.41, 5.74) is 0. The molecule has 0 spiro atoms. The van der Waals surface area contributed by atoms with Crippen LogP contribution >= 0.6 is 0 Å². The van der Waals surface area contributed by atoms with Gasteiger partial charge in [0.15, 0.2) is 0 Å². The van der Waals surface area contributed by atoms with Gasteiger partial charge in [0, 0.05) is 32.3 Å². The van der Waals surface area contributed by atoms with Crippen molar-refractivity contribution in [3.63, 3.8) is 0 Å². The molecule has 19 heavy (non-hydrogen) atoms. The van der Waals surface area contributed by atoms with Gasteiger partial charge in [-0.1, -0.05) is 0 Å².